The van der Waals surface area contributed by atoms with E-state index in [0.717, 1.165) is 62.3 Å². The van der Waals surface area contributed by atoms with Gasteiger partial charge in [-0.1, -0.05) is 5.21 Å². The molecule has 152 valence electrons. The first-order valence-corrected chi connectivity index (χ1v) is 10.1. The SMILES string of the molecule is Cn1cc(CN2CCN(c3ccc4ncnc(OC5CCOC5)c4c3)CC2)nn1. The molecule has 0 saturated carbocycles. The minimum absolute atomic E-state index is 0.0707. The van der Waals surface area contributed by atoms with Crippen LogP contribution < -0.4 is 9.64 Å². The third kappa shape index (κ3) is 4.01. The molecule has 9 heteroatoms. The zero-order valence-corrected chi connectivity index (χ0v) is 16.6. The van der Waals surface area contributed by atoms with Crippen LogP contribution in [0.1, 0.15) is 12.1 Å². The van der Waals surface area contributed by atoms with E-state index in [2.05, 4.69) is 48.3 Å². The Hall–Kier alpha value is -2.78. The van der Waals surface area contributed by atoms with Gasteiger partial charge in [0.15, 0.2) is 0 Å². The highest BCUT2D eigenvalue weighted by molar-refractivity contribution is 5.86. The first-order valence-electron chi connectivity index (χ1n) is 10.1. The molecule has 2 aliphatic rings. The van der Waals surface area contributed by atoms with E-state index in [-0.39, 0.29) is 6.10 Å². The summed E-state index contributed by atoms with van der Waals surface area (Å²) in [5, 5.41) is 9.17. The molecule has 2 aliphatic heterocycles. The number of rotatable bonds is 5. The number of anilines is 1. The second kappa shape index (κ2) is 7.92. The maximum atomic E-state index is 6.10. The number of aryl methyl sites for hydroxylation is 1. The van der Waals surface area contributed by atoms with Crippen molar-refractivity contribution in [3.63, 3.8) is 0 Å². The fraction of sp³-hybridized carbons (Fsp3) is 0.500. The number of ether oxygens (including phenoxy) is 2. The Kier molecular flexibility index (Phi) is 4.99. The van der Waals surface area contributed by atoms with Crippen LogP contribution in [0.4, 0.5) is 5.69 Å². The van der Waals surface area contributed by atoms with Gasteiger partial charge in [0.05, 0.1) is 29.8 Å². The Morgan fingerprint density at radius 2 is 2.07 bits per heavy atom. The summed E-state index contributed by atoms with van der Waals surface area (Å²) in [6.07, 6.45) is 4.52. The highest BCUT2D eigenvalue weighted by Gasteiger charge is 2.21. The average molecular weight is 395 g/mol. The number of hydrogen-bond acceptors (Lipinski definition) is 8. The number of piperazine rings is 1. The molecule has 0 spiro atoms. The van der Waals surface area contributed by atoms with Crippen molar-refractivity contribution >= 4 is 16.6 Å². The molecule has 9 nitrogen and oxygen atoms in total. The van der Waals surface area contributed by atoms with Gasteiger partial charge in [-0.15, -0.1) is 5.10 Å². The van der Waals surface area contributed by atoms with Crippen molar-refractivity contribution in [1.29, 1.82) is 0 Å². The third-order valence-electron chi connectivity index (χ3n) is 5.52. The second-order valence-electron chi connectivity index (χ2n) is 7.63. The molecule has 2 aromatic heterocycles. The van der Waals surface area contributed by atoms with Crippen molar-refractivity contribution in [2.45, 2.75) is 19.1 Å². The van der Waals surface area contributed by atoms with E-state index >= 15 is 0 Å². The molecule has 4 heterocycles. The predicted octanol–water partition coefficient (Wildman–Crippen LogP) is 1.25. The van der Waals surface area contributed by atoms with E-state index in [1.165, 1.54) is 5.69 Å². The topological polar surface area (TPSA) is 81.4 Å². The predicted molar refractivity (Wildman–Crippen MR) is 108 cm³/mol. The molecule has 1 atom stereocenters. The normalized spacial score (nSPS) is 20.4. The fourth-order valence-corrected chi connectivity index (χ4v) is 3.94. The molecule has 0 aliphatic carbocycles. The van der Waals surface area contributed by atoms with Crippen molar-refractivity contribution in [2.75, 3.05) is 44.3 Å². The third-order valence-corrected chi connectivity index (χ3v) is 5.52. The molecule has 1 aromatic carbocycles. The molecule has 0 radical (unpaired) electrons. The van der Waals surface area contributed by atoms with Gasteiger partial charge in [-0.05, 0) is 18.2 Å². The molecule has 29 heavy (non-hydrogen) atoms. The molecule has 0 N–H and O–H groups in total. The summed E-state index contributed by atoms with van der Waals surface area (Å²) in [6, 6.07) is 6.34. The molecule has 0 amide bonds. The van der Waals surface area contributed by atoms with Crippen LogP contribution in [0.2, 0.25) is 0 Å². The van der Waals surface area contributed by atoms with Gasteiger partial charge in [0.1, 0.15) is 12.4 Å². The lowest BCUT2D eigenvalue weighted by atomic mass is 10.2. The number of aromatic nitrogens is 5. The maximum absolute atomic E-state index is 6.10. The van der Waals surface area contributed by atoms with Gasteiger partial charge in [-0.25, -0.2) is 9.97 Å². The smallest absolute Gasteiger partial charge is 0.224 e. The van der Waals surface area contributed by atoms with Gasteiger partial charge in [0.2, 0.25) is 5.88 Å². The monoisotopic (exact) mass is 395 g/mol. The summed E-state index contributed by atoms with van der Waals surface area (Å²) in [4.78, 5) is 13.6. The minimum Gasteiger partial charge on any atom is -0.471 e. The lowest BCUT2D eigenvalue weighted by Gasteiger charge is -2.35. The van der Waals surface area contributed by atoms with Crippen molar-refractivity contribution in [1.82, 2.24) is 29.9 Å². The molecular weight excluding hydrogens is 370 g/mol. The minimum atomic E-state index is 0.0707. The number of hydrogen-bond donors (Lipinski definition) is 0. The standard InChI is InChI=1S/C20H25N7O2/c1-25-11-15(23-24-25)12-26-5-7-27(8-6-26)16-2-3-19-18(10-16)20(22-14-21-19)29-17-4-9-28-13-17/h2-3,10-11,14,17H,4-9,12-13H2,1H3. The van der Waals surface area contributed by atoms with Crippen LogP contribution in [0.5, 0.6) is 5.88 Å². The lowest BCUT2D eigenvalue weighted by Crippen LogP contribution is -2.46. The zero-order valence-electron chi connectivity index (χ0n) is 16.6. The van der Waals surface area contributed by atoms with E-state index in [0.29, 0.717) is 12.5 Å². The lowest BCUT2D eigenvalue weighted by molar-refractivity contribution is 0.139. The molecule has 2 saturated heterocycles. The summed E-state index contributed by atoms with van der Waals surface area (Å²) >= 11 is 0. The van der Waals surface area contributed by atoms with Crippen LogP contribution in [0, 0.1) is 0 Å². The summed E-state index contributed by atoms with van der Waals surface area (Å²) in [6.45, 7) is 6.12. The Morgan fingerprint density at radius 3 is 2.83 bits per heavy atom. The summed E-state index contributed by atoms with van der Waals surface area (Å²) in [5.41, 5.74) is 3.10. The van der Waals surface area contributed by atoms with Crippen LogP contribution in [-0.2, 0) is 18.3 Å². The fourth-order valence-electron chi connectivity index (χ4n) is 3.94. The maximum Gasteiger partial charge on any atom is 0.224 e. The van der Waals surface area contributed by atoms with Crippen LogP contribution in [0.15, 0.2) is 30.7 Å². The molecule has 3 aromatic rings. The van der Waals surface area contributed by atoms with Crippen LogP contribution >= 0.6 is 0 Å². The highest BCUT2D eigenvalue weighted by atomic mass is 16.5. The van der Waals surface area contributed by atoms with E-state index < -0.39 is 0 Å². The molecule has 5 rings (SSSR count). The van der Waals surface area contributed by atoms with Crippen LogP contribution in [0.25, 0.3) is 10.9 Å². The number of benzene rings is 1. The summed E-state index contributed by atoms with van der Waals surface area (Å²) < 4.78 is 13.3. The molecule has 2 fully saturated rings. The zero-order chi connectivity index (χ0) is 19.6. The Bertz CT molecular complexity index is 978. The number of nitrogens with zero attached hydrogens (tertiary/aromatic N) is 7. The summed E-state index contributed by atoms with van der Waals surface area (Å²) in [5.74, 6) is 0.647. The van der Waals surface area contributed by atoms with Crippen molar-refractivity contribution in [3.8, 4) is 5.88 Å². The van der Waals surface area contributed by atoms with Gasteiger partial charge in [-0.2, -0.15) is 0 Å². The van der Waals surface area contributed by atoms with E-state index in [9.17, 15) is 0 Å². The quantitative estimate of drug-likeness (QED) is 0.639. The first-order chi connectivity index (χ1) is 14.2. The van der Waals surface area contributed by atoms with Gasteiger partial charge in [0.25, 0.3) is 0 Å². The Balaban J connectivity index is 1.29. The van der Waals surface area contributed by atoms with Crippen molar-refractivity contribution in [3.05, 3.63) is 36.4 Å². The second-order valence-corrected chi connectivity index (χ2v) is 7.63. The largest absolute Gasteiger partial charge is 0.471 e. The Labute approximate surface area is 169 Å². The van der Waals surface area contributed by atoms with Crippen LogP contribution in [-0.4, -0.2) is 75.4 Å². The van der Waals surface area contributed by atoms with E-state index in [1.807, 2.05) is 13.2 Å². The average Bonchev–Trinajstić information content (AvgIpc) is 3.40. The molecular formula is C20H25N7O2. The highest BCUT2D eigenvalue weighted by Crippen LogP contribution is 2.29. The van der Waals surface area contributed by atoms with Gasteiger partial charge < -0.3 is 14.4 Å². The van der Waals surface area contributed by atoms with Crippen molar-refractivity contribution in [2.24, 2.45) is 7.05 Å². The number of fused-ring (bicyclic) bond motifs is 1. The van der Waals surface area contributed by atoms with E-state index in [1.54, 1.807) is 11.0 Å². The van der Waals surface area contributed by atoms with Gasteiger partial charge in [0, 0.05) is 58.1 Å². The van der Waals surface area contributed by atoms with Crippen LogP contribution in [0.3, 0.4) is 0 Å². The van der Waals surface area contributed by atoms with Gasteiger partial charge >= 0.3 is 0 Å². The van der Waals surface area contributed by atoms with Gasteiger partial charge in [-0.3, -0.25) is 9.58 Å². The molecule has 1 unspecified atom stereocenters. The first kappa shape index (κ1) is 18.3. The van der Waals surface area contributed by atoms with E-state index in [4.69, 9.17) is 9.47 Å². The Morgan fingerprint density at radius 1 is 1.17 bits per heavy atom. The molecule has 0 bridgehead atoms. The van der Waals surface area contributed by atoms with Crippen molar-refractivity contribution < 1.29 is 9.47 Å². The summed E-state index contributed by atoms with van der Waals surface area (Å²) in [7, 11) is 1.90.